The van der Waals surface area contributed by atoms with Crippen molar-refractivity contribution in [2.45, 2.75) is 18.9 Å². The van der Waals surface area contributed by atoms with Gasteiger partial charge in [-0.15, -0.1) is 0 Å². The Labute approximate surface area is 145 Å². The van der Waals surface area contributed by atoms with Crippen molar-refractivity contribution in [2.24, 2.45) is 0 Å². The minimum Gasteiger partial charge on any atom is -0.497 e. The molecule has 1 saturated heterocycles. The van der Waals surface area contributed by atoms with Crippen LogP contribution in [0.5, 0.6) is 11.6 Å². The van der Waals surface area contributed by atoms with E-state index in [1.165, 1.54) is 12.4 Å². The number of carbonyl (C=O) groups excluding carboxylic acids is 1. The van der Waals surface area contributed by atoms with Gasteiger partial charge in [0.2, 0.25) is 11.6 Å². The fraction of sp³-hybridized carbons (Fsp3) is 0.333. The van der Waals surface area contributed by atoms with E-state index in [9.17, 15) is 4.79 Å². The summed E-state index contributed by atoms with van der Waals surface area (Å²) < 4.78 is 10.9. The number of likely N-dealkylation sites (tertiary alicyclic amines) is 1. The van der Waals surface area contributed by atoms with Crippen LogP contribution in [0.2, 0.25) is 0 Å². The molecule has 1 amide bonds. The van der Waals surface area contributed by atoms with Gasteiger partial charge in [-0.2, -0.15) is 5.26 Å². The normalized spacial score (nSPS) is 16.3. The number of hydrogen-bond donors (Lipinski definition) is 0. The molecule has 1 unspecified atom stereocenters. The summed E-state index contributed by atoms with van der Waals surface area (Å²) in [7, 11) is 1.61. The number of hydrogen-bond acceptors (Lipinski definition) is 6. The molecule has 2 aromatic rings. The molecular weight excluding hydrogens is 320 g/mol. The molecule has 2 heterocycles. The summed E-state index contributed by atoms with van der Waals surface area (Å²) in [6, 6.07) is 9.42. The van der Waals surface area contributed by atoms with E-state index in [0.29, 0.717) is 25.9 Å². The Kier molecular flexibility index (Phi) is 5.09. The monoisotopic (exact) mass is 338 g/mol. The molecule has 1 aliphatic heterocycles. The van der Waals surface area contributed by atoms with Gasteiger partial charge in [-0.25, -0.2) is 9.97 Å². The maximum absolute atomic E-state index is 12.4. The molecule has 7 heteroatoms. The zero-order chi connectivity index (χ0) is 17.6. The Hall–Kier alpha value is -3.14. The fourth-order valence-electron chi connectivity index (χ4n) is 2.73. The van der Waals surface area contributed by atoms with Gasteiger partial charge >= 0.3 is 0 Å². The van der Waals surface area contributed by atoms with E-state index >= 15 is 0 Å². The number of carbonyl (C=O) groups is 1. The van der Waals surface area contributed by atoms with Gasteiger partial charge in [0, 0.05) is 25.4 Å². The van der Waals surface area contributed by atoms with E-state index in [4.69, 9.17) is 14.7 Å². The molecule has 128 valence electrons. The van der Waals surface area contributed by atoms with Gasteiger partial charge in [-0.05, 0) is 17.7 Å². The van der Waals surface area contributed by atoms with Crippen molar-refractivity contribution >= 4 is 5.91 Å². The lowest BCUT2D eigenvalue weighted by atomic mass is 10.1. The van der Waals surface area contributed by atoms with Crippen molar-refractivity contribution in [1.29, 1.82) is 5.26 Å². The highest BCUT2D eigenvalue weighted by atomic mass is 16.5. The molecule has 0 saturated carbocycles. The van der Waals surface area contributed by atoms with Gasteiger partial charge in [0.05, 0.1) is 20.1 Å². The molecule has 1 aromatic heterocycles. The lowest BCUT2D eigenvalue weighted by Crippen LogP contribution is -2.32. The zero-order valence-corrected chi connectivity index (χ0v) is 13.9. The summed E-state index contributed by atoms with van der Waals surface area (Å²) in [5.41, 5.74) is 1.10. The first-order valence-electron chi connectivity index (χ1n) is 7.98. The smallest absolute Gasteiger partial charge is 0.251 e. The van der Waals surface area contributed by atoms with Crippen LogP contribution in [-0.2, 0) is 11.2 Å². The average Bonchev–Trinajstić information content (AvgIpc) is 3.11. The van der Waals surface area contributed by atoms with Gasteiger partial charge in [-0.3, -0.25) is 4.79 Å². The minimum atomic E-state index is -0.177. The summed E-state index contributed by atoms with van der Waals surface area (Å²) in [6.45, 7) is 1.11. The number of methoxy groups -OCH3 is 1. The van der Waals surface area contributed by atoms with E-state index in [1.807, 2.05) is 30.3 Å². The second-order valence-electron chi connectivity index (χ2n) is 5.72. The van der Waals surface area contributed by atoms with Gasteiger partial charge in [0.1, 0.15) is 17.9 Å². The predicted molar refractivity (Wildman–Crippen MR) is 89.1 cm³/mol. The summed E-state index contributed by atoms with van der Waals surface area (Å²) in [6.07, 6.45) is 3.80. The highest BCUT2D eigenvalue weighted by molar-refractivity contribution is 5.79. The standard InChI is InChI=1S/C18H18N4O3/c1-24-14-4-2-13(3-5-14)10-17(23)22-9-6-15(12-22)25-18-16(11-19)20-7-8-21-18/h2-5,7-8,15H,6,9-10,12H2,1H3. The molecule has 0 bridgehead atoms. The van der Waals surface area contributed by atoms with Crippen LogP contribution < -0.4 is 9.47 Å². The SMILES string of the molecule is COc1ccc(CC(=O)N2CCC(Oc3nccnc3C#N)C2)cc1. The fourth-order valence-corrected chi connectivity index (χ4v) is 2.73. The lowest BCUT2D eigenvalue weighted by Gasteiger charge is -2.17. The number of amides is 1. The second-order valence-corrected chi connectivity index (χ2v) is 5.72. The molecule has 1 aromatic carbocycles. The first-order chi connectivity index (χ1) is 12.2. The van der Waals surface area contributed by atoms with E-state index < -0.39 is 0 Å². The van der Waals surface area contributed by atoms with Crippen LogP contribution >= 0.6 is 0 Å². The highest BCUT2D eigenvalue weighted by Gasteiger charge is 2.28. The largest absolute Gasteiger partial charge is 0.497 e. The van der Waals surface area contributed by atoms with E-state index in [0.717, 1.165) is 11.3 Å². The molecule has 0 spiro atoms. The third-order valence-electron chi connectivity index (χ3n) is 4.06. The van der Waals surface area contributed by atoms with Gasteiger partial charge in [0.25, 0.3) is 5.88 Å². The van der Waals surface area contributed by atoms with E-state index in [2.05, 4.69) is 9.97 Å². The molecular formula is C18H18N4O3. The Bertz CT molecular complexity index is 786. The number of rotatable bonds is 5. The van der Waals surface area contributed by atoms with Crippen molar-refractivity contribution < 1.29 is 14.3 Å². The van der Waals surface area contributed by atoms with Crippen molar-refractivity contribution in [1.82, 2.24) is 14.9 Å². The van der Waals surface area contributed by atoms with Crippen LogP contribution in [0.25, 0.3) is 0 Å². The van der Waals surface area contributed by atoms with Gasteiger partial charge in [-0.1, -0.05) is 12.1 Å². The third-order valence-corrected chi connectivity index (χ3v) is 4.06. The maximum Gasteiger partial charge on any atom is 0.251 e. The molecule has 3 rings (SSSR count). The molecule has 1 aliphatic rings. The van der Waals surface area contributed by atoms with Gasteiger partial charge in [0.15, 0.2) is 0 Å². The molecule has 0 radical (unpaired) electrons. The molecule has 0 N–H and O–H groups in total. The minimum absolute atomic E-state index is 0.0518. The molecule has 0 aliphatic carbocycles. The van der Waals surface area contributed by atoms with Crippen molar-refractivity contribution in [3.63, 3.8) is 0 Å². The van der Waals surface area contributed by atoms with Crippen LogP contribution in [0.1, 0.15) is 17.7 Å². The zero-order valence-electron chi connectivity index (χ0n) is 13.9. The topological polar surface area (TPSA) is 88.3 Å². The van der Waals surface area contributed by atoms with Crippen molar-refractivity contribution in [2.75, 3.05) is 20.2 Å². The Morgan fingerprint density at radius 1 is 1.32 bits per heavy atom. The second kappa shape index (κ2) is 7.62. The average molecular weight is 338 g/mol. The van der Waals surface area contributed by atoms with Crippen LogP contribution in [0.15, 0.2) is 36.7 Å². The van der Waals surface area contributed by atoms with Crippen LogP contribution in [0.4, 0.5) is 0 Å². The van der Waals surface area contributed by atoms with E-state index in [1.54, 1.807) is 12.0 Å². The lowest BCUT2D eigenvalue weighted by molar-refractivity contribution is -0.129. The first kappa shape index (κ1) is 16.7. The maximum atomic E-state index is 12.4. The molecule has 1 fully saturated rings. The Morgan fingerprint density at radius 2 is 2.08 bits per heavy atom. The summed E-state index contributed by atoms with van der Waals surface area (Å²) in [5, 5.41) is 9.03. The number of nitrogens with zero attached hydrogens (tertiary/aromatic N) is 4. The van der Waals surface area contributed by atoms with E-state index in [-0.39, 0.29) is 23.6 Å². The first-order valence-corrected chi connectivity index (χ1v) is 7.98. The van der Waals surface area contributed by atoms with Crippen molar-refractivity contribution in [3.05, 3.63) is 47.9 Å². The molecule has 7 nitrogen and oxygen atoms in total. The molecule has 1 atom stereocenters. The van der Waals surface area contributed by atoms with Gasteiger partial charge < -0.3 is 14.4 Å². The highest BCUT2D eigenvalue weighted by Crippen LogP contribution is 2.19. The van der Waals surface area contributed by atoms with Crippen LogP contribution in [0.3, 0.4) is 0 Å². The van der Waals surface area contributed by atoms with Crippen LogP contribution in [0, 0.1) is 11.3 Å². The quantitative estimate of drug-likeness (QED) is 0.822. The Morgan fingerprint density at radius 3 is 2.80 bits per heavy atom. The number of nitriles is 1. The number of aromatic nitrogens is 2. The predicted octanol–water partition coefficient (Wildman–Crippen LogP) is 1.58. The van der Waals surface area contributed by atoms with Crippen LogP contribution in [-0.4, -0.2) is 47.1 Å². The molecule has 25 heavy (non-hydrogen) atoms. The number of ether oxygens (including phenoxy) is 2. The third kappa shape index (κ3) is 4.04. The Balaban J connectivity index is 1.56. The summed E-state index contributed by atoms with van der Waals surface area (Å²) >= 11 is 0. The summed E-state index contributed by atoms with van der Waals surface area (Å²) in [5.74, 6) is 1.04. The van der Waals surface area contributed by atoms with Crippen molar-refractivity contribution in [3.8, 4) is 17.7 Å². The summed E-state index contributed by atoms with van der Waals surface area (Å²) in [4.78, 5) is 22.2. The number of benzene rings is 1.